The molecule has 0 aromatic heterocycles. The summed E-state index contributed by atoms with van der Waals surface area (Å²) in [5, 5.41) is 0.539. The van der Waals surface area contributed by atoms with E-state index in [1.165, 1.54) is 11.8 Å². The second kappa shape index (κ2) is 4.16. The Balaban J connectivity index is 2.29. The molecule has 1 atom stereocenters. The molecule has 0 spiro atoms. The van der Waals surface area contributed by atoms with E-state index < -0.39 is 0 Å². The van der Waals surface area contributed by atoms with Gasteiger partial charge < -0.3 is 5.73 Å². The monoisotopic (exact) mass is 220 g/mol. The Morgan fingerprint density at radius 3 is 2.87 bits per heavy atom. The molecule has 0 saturated heterocycles. The highest BCUT2D eigenvalue weighted by molar-refractivity contribution is 8.16. The van der Waals surface area contributed by atoms with Crippen LogP contribution in [0, 0.1) is 6.92 Å². The van der Waals surface area contributed by atoms with Gasteiger partial charge in [0, 0.05) is 11.3 Å². The molecule has 1 heterocycles. The number of hydrogen-bond donors (Lipinski definition) is 1. The lowest BCUT2D eigenvalue weighted by Gasteiger charge is -2.02. The van der Waals surface area contributed by atoms with Crippen LogP contribution in [0.4, 0.5) is 0 Å². The zero-order chi connectivity index (χ0) is 10.8. The molecule has 1 aliphatic heterocycles. The van der Waals surface area contributed by atoms with E-state index in [-0.39, 0.29) is 11.9 Å². The number of nitrogens with zero attached hydrogens (tertiary/aromatic N) is 1. The summed E-state index contributed by atoms with van der Waals surface area (Å²) in [6.07, 6.45) is -0.224. The fourth-order valence-corrected chi connectivity index (χ4v) is 2.31. The van der Waals surface area contributed by atoms with Crippen molar-refractivity contribution in [3.05, 3.63) is 35.4 Å². The molecule has 0 aliphatic carbocycles. The van der Waals surface area contributed by atoms with Gasteiger partial charge in [0.15, 0.2) is 0 Å². The van der Waals surface area contributed by atoms with Crippen LogP contribution in [-0.2, 0) is 0 Å². The third-order valence-corrected chi connectivity index (χ3v) is 3.33. The molecule has 3 nitrogen and oxygen atoms in total. The van der Waals surface area contributed by atoms with Crippen molar-refractivity contribution in [2.24, 2.45) is 10.7 Å². The van der Waals surface area contributed by atoms with E-state index in [0.29, 0.717) is 10.8 Å². The van der Waals surface area contributed by atoms with Gasteiger partial charge in [-0.2, -0.15) is 0 Å². The summed E-state index contributed by atoms with van der Waals surface area (Å²) in [5.74, 6) is 0.693. The largest absolute Gasteiger partial charge is 0.309 e. The van der Waals surface area contributed by atoms with Gasteiger partial charge in [-0.25, -0.2) is 0 Å². The Morgan fingerprint density at radius 2 is 2.27 bits per heavy atom. The zero-order valence-electron chi connectivity index (χ0n) is 8.43. The molecule has 0 amide bonds. The van der Waals surface area contributed by atoms with Gasteiger partial charge in [0.1, 0.15) is 11.2 Å². The Labute approximate surface area is 92.8 Å². The zero-order valence-corrected chi connectivity index (χ0v) is 9.25. The number of ketones is 1. The minimum absolute atomic E-state index is 0.00829. The highest BCUT2D eigenvalue weighted by Crippen LogP contribution is 2.20. The van der Waals surface area contributed by atoms with Crippen molar-refractivity contribution < 1.29 is 4.79 Å². The van der Waals surface area contributed by atoms with Crippen LogP contribution < -0.4 is 5.73 Å². The normalized spacial score (nSPS) is 20.1. The minimum Gasteiger partial charge on any atom is -0.309 e. The highest BCUT2D eigenvalue weighted by Gasteiger charge is 2.22. The van der Waals surface area contributed by atoms with Gasteiger partial charge in [-0.3, -0.25) is 9.79 Å². The van der Waals surface area contributed by atoms with E-state index >= 15 is 0 Å². The third kappa shape index (κ3) is 2.11. The molecule has 1 unspecified atom stereocenters. The van der Waals surface area contributed by atoms with Crippen molar-refractivity contribution in [2.75, 3.05) is 5.75 Å². The Kier molecular flexibility index (Phi) is 2.88. The Hall–Kier alpha value is -1.13. The van der Waals surface area contributed by atoms with Crippen LogP contribution in [0.2, 0.25) is 0 Å². The molecule has 0 bridgehead atoms. The van der Waals surface area contributed by atoms with Crippen LogP contribution in [0.1, 0.15) is 15.9 Å². The van der Waals surface area contributed by atoms with E-state index in [0.717, 1.165) is 11.1 Å². The Bertz CT molecular complexity index is 428. The maximum absolute atomic E-state index is 12.0. The summed E-state index contributed by atoms with van der Waals surface area (Å²) < 4.78 is 0. The molecule has 1 aliphatic rings. The van der Waals surface area contributed by atoms with Crippen molar-refractivity contribution in [2.45, 2.75) is 13.1 Å². The number of rotatable bonds is 2. The average molecular weight is 220 g/mol. The molecule has 0 fully saturated rings. The van der Waals surface area contributed by atoms with Crippen molar-refractivity contribution >= 4 is 22.6 Å². The lowest BCUT2D eigenvalue weighted by atomic mass is 10.1. The van der Waals surface area contributed by atoms with Crippen LogP contribution in [0.5, 0.6) is 0 Å². The van der Waals surface area contributed by atoms with Crippen molar-refractivity contribution in [3.63, 3.8) is 0 Å². The van der Waals surface area contributed by atoms with E-state index in [1.807, 2.05) is 31.2 Å². The first-order valence-electron chi connectivity index (χ1n) is 4.75. The van der Waals surface area contributed by atoms with Gasteiger partial charge in [0.25, 0.3) is 0 Å². The quantitative estimate of drug-likeness (QED) is 0.770. The second-order valence-electron chi connectivity index (χ2n) is 3.46. The summed E-state index contributed by atoms with van der Waals surface area (Å²) in [4.78, 5) is 16.1. The number of thioether (sulfide) groups is 1. The van der Waals surface area contributed by atoms with Crippen LogP contribution >= 0.6 is 11.8 Å². The van der Waals surface area contributed by atoms with E-state index in [1.54, 1.807) is 0 Å². The first-order chi connectivity index (χ1) is 7.18. The number of hydrogen-bond acceptors (Lipinski definition) is 4. The van der Waals surface area contributed by atoms with Gasteiger partial charge >= 0.3 is 0 Å². The van der Waals surface area contributed by atoms with Crippen LogP contribution in [0.15, 0.2) is 29.3 Å². The molecule has 2 N–H and O–H groups in total. The minimum atomic E-state index is -0.224. The molecule has 78 valence electrons. The van der Waals surface area contributed by atoms with Crippen molar-refractivity contribution in [3.8, 4) is 0 Å². The van der Waals surface area contributed by atoms with E-state index in [2.05, 4.69) is 4.99 Å². The van der Waals surface area contributed by atoms with E-state index in [4.69, 9.17) is 5.73 Å². The van der Waals surface area contributed by atoms with Gasteiger partial charge in [-0.15, -0.1) is 0 Å². The maximum atomic E-state index is 12.0. The summed E-state index contributed by atoms with van der Waals surface area (Å²) in [6, 6.07) is 7.53. The number of nitrogens with two attached hydrogens (primary N) is 1. The maximum Gasteiger partial charge on any atom is 0.217 e. The standard InChI is InChI=1S/C11H12N2OS/c1-7-4-2-3-5-8(7)10(14)11-13-9(12)6-15-11/h2-5,9H,6,12H2,1H3. The summed E-state index contributed by atoms with van der Waals surface area (Å²) in [7, 11) is 0. The van der Waals surface area contributed by atoms with Gasteiger partial charge in [0.05, 0.1) is 0 Å². The smallest absolute Gasteiger partial charge is 0.217 e. The van der Waals surface area contributed by atoms with Crippen molar-refractivity contribution in [1.29, 1.82) is 0 Å². The third-order valence-electron chi connectivity index (χ3n) is 2.26. The number of aliphatic imine (C=N–C) groups is 1. The van der Waals surface area contributed by atoms with Crippen LogP contribution in [0.3, 0.4) is 0 Å². The number of carbonyl (C=O) groups is 1. The SMILES string of the molecule is Cc1ccccc1C(=O)C1=NC(N)CS1. The first kappa shape index (κ1) is 10.4. The number of carbonyl (C=O) groups excluding carboxylic acids is 1. The summed E-state index contributed by atoms with van der Waals surface area (Å²) >= 11 is 1.44. The van der Waals surface area contributed by atoms with Gasteiger partial charge in [0.2, 0.25) is 5.78 Å². The van der Waals surface area contributed by atoms with Gasteiger partial charge in [-0.05, 0) is 12.5 Å². The predicted octanol–water partition coefficient (Wildman–Crippen LogP) is 1.61. The van der Waals surface area contributed by atoms with Crippen molar-refractivity contribution in [1.82, 2.24) is 0 Å². The lowest BCUT2D eigenvalue weighted by Crippen LogP contribution is -2.16. The lowest BCUT2D eigenvalue weighted by molar-refractivity contribution is 0.106. The van der Waals surface area contributed by atoms with Crippen LogP contribution in [-0.4, -0.2) is 22.7 Å². The van der Waals surface area contributed by atoms with E-state index in [9.17, 15) is 4.79 Å². The fourth-order valence-electron chi connectivity index (χ4n) is 1.46. The number of benzene rings is 1. The number of Topliss-reactive ketones (excluding diaryl/α,β-unsaturated/α-hetero) is 1. The molecule has 0 saturated carbocycles. The van der Waals surface area contributed by atoms with Crippen LogP contribution in [0.25, 0.3) is 0 Å². The molecule has 2 rings (SSSR count). The van der Waals surface area contributed by atoms with Gasteiger partial charge in [-0.1, -0.05) is 36.0 Å². The molecular weight excluding hydrogens is 208 g/mol. The number of aryl methyl sites for hydroxylation is 1. The first-order valence-corrected chi connectivity index (χ1v) is 5.73. The molecule has 1 aromatic carbocycles. The summed E-state index contributed by atoms with van der Waals surface area (Å²) in [5.41, 5.74) is 7.32. The molecule has 15 heavy (non-hydrogen) atoms. The summed E-state index contributed by atoms with van der Waals surface area (Å²) in [6.45, 7) is 1.92. The molecule has 0 radical (unpaired) electrons. The second-order valence-corrected chi connectivity index (χ2v) is 4.47. The predicted molar refractivity (Wildman–Crippen MR) is 63.4 cm³/mol. The topological polar surface area (TPSA) is 55.5 Å². The Morgan fingerprint density at radius 1 is 1.53 bits per heavy atom. The molecule has 4 heteroatoms. The highest BCUT2D eigenvalue weighted by atomic mass is 32.2. The molecule has 1 aromatic rings. The molecular formula is C11H12N2OS. The average Bonchev–Trinajstić information content (AvgIpc) is 2.65. The fraction of sp³-hybridized carbons (Fsp3) is 0.273.